The number of carbonyl (C=O) groups is 1. The van der Waals surface area contributed by atoms with Crippen molar-refractivity contribution in [3.8, 4) is 5.75 Å². The Morgan fingerprint density at radius 1 is 1.11 bits per heavy atom. The van der Waals surface area contributed by atoms with Crippen LogP contribution >= 0.6 is 22.9 Å². The highest BCUT2D eigenvalue weighted by molar-refractivity contribution is 7.22. The zero-order valence-corrected chi connectivity index (χ0v) is 16.8. The lowest BCUT2D eigenvalue weighted by atomic mass is 10.2. The van der Waals surface area contributed by atoms with Gasteiger partial charge in [0.15, 0.2) is 5.13 Å². The van der Waals surface area contributed by atoms with Gasteiger partial charge in [0.25, 0.3) is 5.91 Å². The van der Waals surface area contributed by atoms with E-state index >= 15 is 0 Å². The molecule has 27 heavy (non-hydrogen) atoms. The number of amides is 1. The minimum Gasteiger partial charge on any atom is -0.494 e. The maximum atomic E-state index is 12.7. The zero-order valence-electron chi connectivity index (χ0n) is 15.2. The normalized spacial score (nSPS) is 14.6. The van der Waals surface area contributed by atoms with E-state index in [-0.39, 0.29) is 5.91 Å². The van der Waals surface area contributed by atoms with Crippen molar-refractivity contribution in [1.29, 1.82) is 0 Å². The summed E-state index contributed by atoms with van der Waals surface area (Å²) in [4.78, 5) is 21.6. The number of aromatic nitrogens is 1. The Morgan fingerprint density at radius 2 is 1.81 bits per heavy atom. The van der Waals surface area contributed by atoms with E-state index in [0.29, 0.717) is 23.7 Å². The molecular formula is C20H20ClN3O2S. The van der Waals surface area contributed by atoms with Gasteiger partial charge in [-0.15, -0.1) is 0 Å². The number of ether oxygens (including phenoxy) is 1. The summed E-state index contributed by atoms with van der Waals surface area (Å²) in [5.74, 6) is 0.850. The second-order valence-corrected chi connectivity index (χ2v) is 7.96. The van der Waals surface area contributed by atoms with Crippen molar-refractivity contribution in [3.63, 3.8) is 0 Å². The van der Waals surface area contributed by atoms with E-state index in [0.717, 1.165) is 34.2 Å². The van der Waals surface area contributed by atoms with E-state index in [1.807, 2.05) is 11.0 Å². The fraction of sp³-hybridized carbons (Fsp3) is 0.300. The van der Waals surface area contributed by atoms with Crippen LogP contribution < -0.4 is 9.64 Å². The molecule has 1 fully saturated rings. The van der Waals surface area contributed by atoms with Crippen molar-refractivity contribution in [1.82, 2.24) is 9.88 Å². The molecule has 3 aromatic rings. The summed E-state index contributed by atoms with van der Waals surface area (Å²) in [6.07, 6.45) is 0. The molecule has 4 rings (SSSR count). The standard InChI is InChI=1S/C20H20ClN3O2S/c1-13-3-8-16(26-2)17-18(13)27-20(22-17)24-11-9-23(10-12-24)19(25)14-4-6-15(21)7-5-14/h3-8H,9-12H2,1-2H3. The Labute approximate surface area is 167 Å². The number of thiazole rings is 1. The number of fused-ring (bicyclic) bond motifs is 1. The first-order chi connectivity index (χ1) is 13.1. The van der Waals surface area contributed by atoms with Crippen molar-refractivity contribution in [2.24, 2.45) is 0 Å². The fourth-order valence-corrected chi connectivity index (χ4v) is 4.50. The SMILES string of the molecule is COc1ccc(C)c2sc(N3CCN(C(=O)c4ccc(Cl)cc4)CC3)nc12. The molecule has 0 saturated carbocycles. The molecule has 0 spiro atoms. The van der Waals surface area contributed by atoms with Crippen molar-refractivity contribution in [3.05, 3.63) is 52.5 Å². The lowest BCUT2D eigenvalue weighted by molar-refractivity contribution is 0.0747. The molecule has 7 heteroatoms. The van der Waals surface area contributed by atoms with Crippen LogP contribution in [0.1, 0.15) is 15.9 Å². The van der Waals surface area contributed by atoms with Crippen LogP contribution in [0, 0.1) is 6.92 Å². The van der Waals surface area contributed by atoms with Crippen LogP contribution in [0.3, 0.4) is 0 Å². The average Bonchev–Trinajstić information content (AvgIpc) is 3.15. The largest absolute Gasteiger partial charge is 0.494 e. The quantitative estimate of drug-likeness (QED) is 0.658. The smallest absolute Gasteiger partial charge is 0.253 e. The summed E-state index contributed by atoms with van der Waals surface area (Å²) in [5.41, 5.74) is 2.79. The number of nitrogens with zero attached hydrogens (tertiary/aromatic N) is 3. The fourth-order valence-electron chi connectivity index (χ4n) is 3.27. The third kappa shape index (κ3) is 3.47. The lowest BCUT2D eigenvalue weighted by Crippen LogP contribution is -2.48. The number of rotatable bonds is 3. The molecule has 2 heterocycles. The van der Waals surface area contributed by atoms with Gasteiger partial charge in [-0.3, -0.25) is 4.79 Å². The van der Waals surface area contributed by atoms with E-state index < -0.39 is 0 Å². The second-order valence-electron chi connectivity index (χ2n) is 6.55. The molecule has 1 aromatic heterocycles. The van der Waals surface area contributed by atoms with Gasteiger partial charge in [-0.25, -0.2) is 4.98 Å². The van der Waals surface area contributed by atoms with Gasteiger partial charge in [-0.05, 0) is 42.8 Å². The van der Waals surface area contributed by atoms with Crippen LogP contribution in [0.2, 0.25) is 5.02 Å². The van der Waals surface area contributed by atoms with Crippen LogP contribution in [-0.4, -0.2) is 49.1 Å². The molecule has 0 aliphatic carbocycles. The lowest BCUT2D eigenvalue weighted by Gasteiger charge is -2.34. The molecule has 5 nitrogen and oxygen atoms in total. The molecule has 140 valence electrons. The first kappa shape index (κ1) is 18.1. The third-order valence-corrected chi connectivity index (χ3v) is 6.34. The highest BCUT2D eigenvalue weighted by Gasteiger charge is 2.24. The maximum Gasteiger partial charge on any atom is 0.253 e. The number of carbonyl (C=O) groups excluding carboxylic acids is 1. The van der Waals surface area contributed by atoms with Gasteiger partial charge < -0.3 is 14.5 Å². The predicted octanol–water partition coefficient (Wildman–Crippen LogP) is 4.23. The molecule has 2 aromatic carbocycles. The minimum absolute atomic E-state index is 0.0492. The Morgan fingerprint density at radius 3 is 2.48 bits per heavy atom. The summed E-state index contributed by atoms with van der Waals surface area (Å²) in [6, 6.07) is 11.1. The molecule has 1 aliphatic rings. The van der Waals surface area contributed by atoms with Crippen molar-refractivity contribution in [2.45, 2.75) is 6.92 Å². The topological polar surface area (TPSA) is 45.7 Å². The second kappa shape index (κ2) is 7.37. The van der Waals surface area contributed by atoms with E-state index in [4.69, 9.17) is 21.3 Å². The highest BCUT2D eigenvalue weighted by Crippen LogP contribution is 2.36. The van der Waals surface area contributed by atoms with Crippen LogP contribution in [0.15, 0.2) is 36.4 Å². The van der Waals surface area contributed by atoms with Crippen LogP contribution in [0.5, 0.6) is 5.75 Å². The summed E-state index contributed by atoms with van der Waals surface area (Å²) in [6.45, 7) is 4.97. The Bertz CT molecular complexity index is 979. The van der Waals surface area contributed by atoms with E-state index in [2.05, 4.69) is 17.9 Å². The van der Waals surface area contributed by atoms with Gasteiger partial charge >= 0.3 is 0 Å². The van der Waals surface area contributed by atoms with Gasteiger partial charge in [0.1, 0.15) is 11.3 Å². The number of hydrogen-bond acceptors (Lipinski definition) is 5. The maximum absolute atomic E-state index is 12.7. The molecule has 0 unspecified atom stereocenters. The van der Waals surface area contributed by atoms with Crippen molar-refractivity contribution >= 4 is 44.2 Å². The molecule has 0 radical (unpaired) electrons. The number of benzene rings is 2. The van der Waals surface area contributed by atoms with Gasteiger partial charge in [0.2, 0.25) is 0 Å². The average molecular weight is 402 g/mol. The van der Waals surface area contributed by atoms with Gasteiger partial charge in [-0.1, -0.05) is 29.0 Å². The predicted molar refractivity (Wildman–Crippen MR) is 110 cm³/mol. The molecule has 0 atom stereocenters. The van der Waals surface area contributed by atoms with Crippen LogP contribution in [0.25, 0.3) is 10.2 Å². The third-order valence-electron chi connectivity index (χ3n) is 4.84. The van der Waals surface area contributed by atoms with E-state index in [1.54, 1.807) is 42.7 Å². The number of hydrogen-bond donors (Lipinski definition) is 0. The summed E-state index contributed by atoms with van der Waals surface area (Å²) >= 11 is 7.59. The van der Waals surface area contributed by atoms with Crippen molar-refractivity contribution < 1.29 is 9.53 Å². The Balaban J connectivity index is 1.49. The van der Waals surface area contributed by atoms with E-state index in [9.17, 15) is 4.79 Å². The van der Waals surface area contributed by atoms with E-state index in [1.165, 1.54) is 5.56 Å². The Hall–Kier alpha value is -2.31. The van der Waals surface area contributed by atoms with Crippen LogP contribution in [0.4, 0.5) is 5.13 Å². The summed E-state index contributed by atoms with van der Waals surface area (Å²) in [7, 11) is 1.67. The first-order valence-corrected chi connectivity index (χ1v) is 10.00. The Kier molecular flexibility index (Phi) is 4.93. The number of halogens is 1. The van der Waals surface area contributed by atoms with Gasteiger partial charge in [0.05, 0.1) is 11.8 Å². The summed E-state index contributed by atoms with van der Waals surface area (Å²) in [5, 5.41) is 1.62. The highest BCUT2D eigenvalue weighted by atomic mass is 35.5. The van der Waals surface area contributed by atoms with Gasteiger partial charge in [0, 0.05) is 36.8 Å². The number of methoxy groups -OCH3 is 1. The first-order valence-electron chi connectivity index (χ1n) is 8.81. The number of aryl methyl sites for hydroxylation is 1. The zero-order chi connectivity index (χ0) is 19.0. The number of piperazine rings is 1. The molecule has 1 aliphatic heterocycles. The number of anilines is 1. The van der Waals surface area contributed by atoms with Crippen LogP contribution in [-0.2, 0) is 0 Å². The molecule has 1 saturated heterocycles. The molecule has 1 amide bonds. The monoisotopic (exact) mass is 401 g/mol. The summed E-state index contributed by atoms with van der Waals surface area (Å²) < 4.78 is 6.61. The van der Waals surface area contributed by atoms with Crippen molar-refractivity contribution in [2.75, 3.05) is 38.2 Å². The molecular weight excluding hydrogens is 382 g/mol. The molecule has 0 N–H and O–H groups in total. The molecule has 0 bridgehead atoms. The van der Waals surface area contributed by atoms with Gasteiger partial charge in [-0.2, -0.15) is 0 Å². The minimum atomic E-state index is 0.0492.